The zero-order valence-electron chi connectivity index (χ0n) is 22.8. The number of carbonyl (C=O) groups is 1. The molecular formula is C28H39ClN4O5. The molecule has 10 heteroatoms. The zero-order chi connectivity index (χ0) is 26.7. The molecule has 1 saturated heterocycles. The van der Waals surface area contributed by atoms with Crippen molar-refractivity contribution in [1.29, 1.82) is 0 Å². The lowest BCUT2D eigenvalue weighted by molar-refractivity contribution is -0.152. The van der Waals surface area contributed by atoms with Gasteiger partial charge in [-0.05, 0) is 70.2 Å². The first-order valence-corrected chi connectivity index (χ1v) is 13.0. The van der Waals surface area contributed by atoms with E-state index in [1.54, 1.807) is 32.4 Å². The second kappa shape index (κ2) is 12.9. The summed E-state index contributed by atoms with van der Waals surface area (Å²) in [5.41, 5.74) is 4.34. The van der Waals surface area contributed by atoms with E-state index in [4.69, 9.17) is 14.5 Å². The number of carbonyl (C=O) groups excluding carboxylic acids is 1. The Morgan fingerprint density at radius 1 is 1.24 bits per heavy atom. The van der Waals surface area contributed by atoms with Crippen LogP contribution in [0.4, 0.5) is 0 Å². The Morgan fingerprint density at radius 2 is 1.95 bits per heavy atom. The van der Waals surface area contributed by atoms with Crippen molar-refractivity contribution in [3.8, 4) is 11.4 Å². The van der Waals surface area contributed by atoms with Crippen LogP contribution in [0.25, 0.3) is 22.4 Å². The third kappa shape index (κ3) is 6.83. The van der Waals surface area contributed by atoms with E-state index in [0.29, 0.717) is 18.0 Å². The quantitative estimate of drug-likeness (QED) is 0.396. The van der Waals surface area contributed by atoms with Crippen molar-refractivity contribution in [2.24, 2.45) is 13.0 Å². The van der Waals surface area contributed by atoms with Crippen molar-refractivity contribution in [3.05, 3.63) is 51.9 Å². The van der Waals surface area contributed by atoms with E-state index in [-0.39, 0.29) is 24.1 Å². The van der Waals surface area contributed by atoms with Crippen LogP contribution in [0.3, 0.4) is 0 Å². The van der Waals surface area contributed by atoms with Gasteiger partial charge in [0.15, 0.2) is 0 Å². The minimum Gasteiger partial charge on any atom is -0.462 e. The number of halogens is 1. The van der Waals surface area contributed by atoms with Crippen LogP contribution in [0.15, 0.2) is 35.3 Å². The highest BCUT2D eigenvalue weighted by Crippen LogP contribution is 2.29. The molecule has 1 aliphatic heterocycles. The number of hydrogen-bond acceptors (Lipinski definition) is 7. The average molecular weight is 547 g/mol. The van der Waals surface area contributed by atoms with E-state index in [9.17, 15) is 14.7 Å². The molecule has 0 saturated carbocycles. The van der Waals surface area contributed by atoms with Gasteiger partial charge < -0.3 is 23.7 Å². The monoisotopic (exact) mass is 546 g/mol. The average Bonchev–Trinajstić information content (AvgIpc) is 3.19. The van der Waals surface area contributed by atoms with E-state index < -0.39 is 18.1 Å². The molecule has 0 radical (unpaired) electrons. The number of aromatic nitrogens is 3. The van der Waals surface area contributed by atoms with Gasteiger partial charge in [-0.3, -0.25) is 14.9 Å². The third-order valence-corrected chi connectivity index (χ3v) is 6.83. The highest BCUT2D eigenvalue weighted by molar-refractivity contribution is 5.85. The number of imidazole rings is 1. The first-order chi connectivity index (χ1) is 17.6. The number of pyridine rings is 1. The van der Waals surface area contributed by atoms with Crippen LogP contribution in [-0.2, 0) is 34.4 Å². The first-order valence-electron chi connectivity index (χ1n) is 13.0. The van der Waals surface area contributed by atoms with Gasteiger partial charge >= 0.3 is 5.97 Å². The number of esters is 1. The minimum absolute atomic E-state index is 0. The van der Waals surface area contributed by atoms with Gasteiger partial charge in [0.1, 0.15) is 11.9 Å². The Hall–Kier alpha value is -2.72. The summed E-state index contributed by atoms with van der Waals surface area (Å²) in [4.78, 5) is 29.7. The van der Waals surface area contributed by atoms with Gasteiger partial charge in [-0.25, -0.2) is 4.98 Å². The number of aliphatic hydroxyl groups is 1. The van der Waals surface area contributed by atoms with Crippen LogP contribution < -0.4 is 10.9 Å². The van der Waals surface area contributed by atoms with Gasteiger partial charge in [0.2, 0.25) is 0 Å². The van der Waals surface area contributed by atoms with Gasteiger partial charge in [-0.15, -0.1) is 12.4 Å². The van der Waals surface area contributed by atoms with Crippen molar-refractivity contribution in [3.63, 3.8) is 0 Å². The SMILES string of the molecule is Cc1cc(-c2nc3cc(CNC(C(=O)OC(C)C)C(C)O)ccc3n2CC2CCOCC2)cn(C)c1=O.Cl. The molecule has 38 heavy (non-hydrogen) atoms. The third-order valence-electron chi connectivity index (χ3n) is 6.83. The van der Waals surface area contributed by atoms with Crippen molar-refractivity contribution < 1.29 is 19.4 Å². The van der Waals surface area contributed by atoms with Gasteiger partial charge in [0.25, 0.3) is 5.56 Å². The van der Waals surface area contributed by atoms with Gasteiger partial charge in [-0.2, -0.15) is 0 Å². The molecule has 2 N–H and O–H groups in total. The van der Waals surface area contributed by atoms with E-state index in [2.05, 4.69) is 16.0 Å². The number of rotatable bonds is 9. The summed E-state index contributed by atoms with van der Waals surface area (Å²) in [5, 5.41) is 13.3. The molecule has 4 rings (SSSR count). The van der Waals surface area contributed by atoms with Crippen LogP contribution in [-0.4, -0.2) is 56.7 Å². The molecule has 1 aromatic carbocycles. The van der Waals surface area contributed by atoms with Crippen molar-refractivity contribution in [2.45, 2.75) is 71.9 Å². The predicted octanol–water partition coefficient (Wildman–Crippen LogP) is 3.35. The normalized spacial score (nSPS) is 15.9. The molecule has 3 heterocycles. The van der Waals surface area contributed by atoms with E-state index in [1.807, 2.05) is 31.3 Å². The Kier molecular flexibility index (Phi) is 10.1. The number of fused-ring (bicyclic) bond motifs is 1. The highest BCUT2D eigenvalue weighted by atomic mass is 35.5. The van der Waals surface area contributed by atoms with Gasteiger partial charge in [0.05, 0.1) is 23.2 Å². The van der Waals surface area contributed by atoms with E-state index in [1.165, 1.54) is 0 Å². The second-order valence-corrected chi connectivity index (χ2v) is 10.3. The van der Waals surface area contributed by atoms with Crippen molar-refractivity contribution >= 4 is 29.4 Å². The Morgan fingerprint density at radius 3 is 2.58 bits per heavy atom. The van der Waals surface area contributed by atoms with Crippen LogP contribution in [0.5, 0.6) is 0 Å². The lowest BCUT2D eigenvalue weighted by Crippen LogP contribution is -2.46. The topological polar surface area (TPSA) is 108 Å². The number of benzene rings is 1. The van der Waals surface area contributed by atoms with Crippen molar-refractivity contribution in [2.75, 3.05) is 13.2 Å². The summed E-state index contributed by atoms with van der Waals surface area (Å²) in [6, 6.07) is 7.16. The minimum atomic E-state index is -0.895. The molecule has 0 aliphatic carbocycles. The van der Waals surface area contributed by atoms with Crippen LogP contribution in [0, 0.1) is 12.8 Å². The maximum atomic E-state index is 12.4. The van der Waals surface area contributed by atoms with Gasteiger partial charge in [-0.1, -0.05) is 6.07 Å². The van der Waals surface area contributed by atoms with Crippen LogP contribution in [0.2, 0.25) is 0 Å². The summed E-state index contributed by atoms with van der Waals surface area (Å²) in [6.07, 6.45) is 2.69. The molecular weight excluding hydrogens is 508 g/mol. The second-order valence-electron chi connectivity index (χ2n) is 10.3. The number of ether oxygens (including phenoxy) is 2. The molecule has 1 fully saturated rings. The zero-order valence-corrected chi connectivity index (χ0v) is 23.6. The van der Waals surface area contributed by atoms with E-state index in [0.717, 1.165) is 60.6 Å². The summed E-state index contributed by atoms with van der Waals surface area (Å²) >= 11 is 0. The van der Waals surface area contributed by atoms with Crippen LogP contribution in [0.1, 0.15) is 44.7 Å². The molecule has 1 aliphatic rings. The number of nitrogens with zero attached hydrogens (tertiary/aromatic N) is 3. The van der Waals surface area contributed by atoms with E-state index >= 15 is 0 Å². The maximum Gasteiger partial charge on any atom is 0.326 e. The predicted molar refractivity (Wildman–Crippen MR) is 149 cm³/mol. The smallest absolute Gasteiger partial charge is 0.326 e. The molecule has 9 nitrogen and oxygen atoms in total. The largest absolute Gasteiger partial charge is 0.462 e. The highest BCUT2D eigenvalue weighted by Gasteiger charge is 2.26. The van der Waals surface area contributed by atoms with Crippen LogP contribution >= 0.6 is 12.4 Å². The molecule has 2 atom stereocenters. The molecule has 0 bridgehead atoms. The van der Waals surface area contributed by atoms with Crippen molar-refractivity contribution in [1.82, 2.24) is 19.4 Å². The molecule has 3 aromatic rings. The Balaban J connectivity index is 0.00000400. The number of nitrogens with one attached hydrogen (secondary N) is 1. The molecule has 2 aromatic heterocycles. The fraction of sp³-hybridized carbons (Fsp3) is 0.536. The Labute approximate surface area is 229 Å². The molecule has 0 spiro atoms. The van der Waals surface area contributed by atoms with Gasteiger partial charge in [0, 0.05) is 50.7 Å². The summed E-state index contributed by atoms with van der Waals surface area (Å²) < 4.78 is 14.7. The lowest BCUT2D eigenvalue weighted by Gasteiger charge is -2.23. The lowest BCUT2D eigenvalue weighted by atomic mass is 10.00. The molecule has 208 valence electrons. The number of aryl methyl sites for hydroxylation is 2. The maximum absolute atomic E-state index is 12.4. The fourth-order valence-corrected chi connectivity index (χ4v) is 4.86. The first kappa shape index (κ1) is 29.8. The number of hydrogen-bond donors (Lipinski definition) is 2. The summed E-state index contributed by atoms with van der Waals surface area (Å²) in [5.74, 6) is 0.838. The standard InChI is InChI=1S/C28H38N4O5.ClH/c1-17(2)37-28(35)25(19(4)33)29-14-21-6-7-24-23(13-21)30-26(22-12-18(3)27(34)31(5)16-22)32(24)15-20-8-10-36-11-9-20;/h6-7,12-13,16-17,19-20,25,29,33H,8-11,14-15H2,1-5H3;1H. The molecule has 2 unspecified atom stereocenters. The summed E-state index contributed by atoms with van der Waals surface area (Å²) in [7, 11) is 1.76. The molecule has 0 amide bonds. The fourth-order valence-electron chi connectivity index (χ4n) is 4.86. The Bertz CT molecular complexity index is 1280. The number of aliphatic hydroxyl groups excluding tert-OH is 1. The summed E-state index contributed by atoms with van der Waals surface area (Å²) in [6.45, 7) is 9.69.